The predicted molar refractivity (Wildman–Crippen MR) is 586 cm³/mol. The van der Waals surface area contributed by atoms with E-state index in [1.807, 2.05) is 102 Å². The highest BCUT2D eigenvalue weighted by atomic mass is 16.7. The number of carbonyl (C=O) groups excluding carboxylic acids is 2. The first-order valence-corrected chi connectivity index (χ1v) is 55.7. The Labute approximate surface area is 851 Å². The highest BCUT2D eigenvalue weighted by Crippen LogP contribution is 2.62. The van der Waals surface area contributed by atoms with Gasteiger partial charge in [-0.05, 0) is 389 Å². The third-order valence-corrected chi connectivity index (χ3v) is 35.7. The molecule has 0 saturated heterocycles. The van der Waals surface area contributed by atoms with Crippen molar-refractivity contribution < 1.29 is 48.2 Å². The average Bonchev–Trinajstić information content (AvgIpc) is 1.56. The number of hydrogen-bond acceptors (Lipinski definition) is 10. The van der Waals surface area contributed by atoms with Crippen molar-refractivity contribution in [2.75, 3.05) is 0 Å². The molecule has 10 aromatic rings. The number of esters is 2. The SMILES string of the molecule is CC1c2cccc3cccc(c23)C1C.CC1c2cccc3cccc(c23)C1C.CCC(C)(C)C(=O)OC1(c2ccccc2)CCCC1.CCC(C)(C)C(=O)OC1(c2ccccc2)CCCCC1.CCC(C)c1ccc(O)cc1.CCC(C)c1ccc(O)cc1.CCC(C)c1ccc(OC(OC2CC3CC2C2CCCC32)C(C)C)cc1.CCC(C)c1ccc(OC(OC2CC3CC2C2CCCC32)C(C)C)cc1. The highest BCUT2D eigenvalue weighted by Gasteiger charge is 2.57. The third-order valence-electron chi connectivity index (χ3n) is 35.7. The van der Waals surface area contributed by atoms with Gasteiger partial charge in [-0.3, -0.25) is 9.59 Å². The van der Waals surface area contributed by atoms with Crippen molar-refractivity contribution >= 4 is 33.5 Å². The second-order valence-corrected chi connectivity index (χ2v) is 46.2. The number of rotatable bonds is 26. The smallest absolute Gasteiger partial charge is 0.312 e. The first-order valence-electron chi connectivity index (χ1n) is 55.7. The monoisotopic (exact) mass is 1910 g/mol. The zero-order valence-electron chi connectivity index (χ0n) is 90.5. The van der Waals surface area contributed by atoms with Crippen LogP contribution >= 0.6 is 0 Å². The third kappa shape index (κ3) is 26.6. The number of benzene rings is 10. The minimum Gasteiger partial charge on any atom is -0.508 e. The average molecular weight is 1910 g/mol. The van der Waals surface area contributed by atoms with Gasteiger partial charge in [0.1, 0.15) is 34.2 Å². The van der Waals surface area contributed by atoms with Gasteiger partial charge >= 0.3 is 11.9 Å². The summed E-state index contributed by atoms with van der Waals surface area (Å²) in [6.45, 7) is 47.8. The van der Waals surface area contributed by atoms with Gasteiger partial charge in [0, 0.05) is 11.8 Å². The lowest BCUT2D eigenvalue weighted by Crippen LogP contribution is -2.39. The quantitative estimate of drug-likeness (QED) is 0.0399. The van der Waals surface area contributed by atoms with Crippen LogP contribution in [-0.2, 0) is 39.7 Å². The lowest BCUT2D eigenvalue weighted by molar-refractivity contribution is -0.176. The fraction of sp³-hybridized carbons (Fsp3) is 0.557. The van der Waals surface area contributed by atoms with Gasteiger partial charge in [0.25, 0.3) is 0 Å². The summed E-state index contributed by atoms with van der Waals surface area (Å²) in [4.78, 5) is 24.9. The van der Waals surface area contributed by atoms with E-state index in [4.69, 9.17) is 38.6 Å². The van der Waals surface area contributed by atoms with E-state index in [1.165, 1.54) is 150 Å². The van der Waals surface area contributed by atoms with Gasteiger partial charge in [0.15, 0.2) is 0 Å². The molecule has 10 aromatic carbocycles. The zero-order chi connectivity index (χ0) is 101. The van der Waals surface area contributed by atoms with E-state index in [0.717, 1.165) is 147 Å². The highest BCUT2D eigenvalue weighted by molar-refractivity contribution is 5.93. The number of hydrogen-bond donors (Lipinski definition) is 2. The van der Waals surface area contributed by atoms with Crippen molar-refractivity contribution in [3.05, 3.63) is 286 Å². The summed E-state index contributed by atoms with van der Waals surface area (Å²) >= 11 is 0. The van der Waals surface area contributed by atoms with Crippen LogP contribution in [0, 0.1) is 70.0 Å². The molecule has 0 aliphatic heterocycles. The number of aromatic hydroxyl groups is 2. The van der Waals surface area contributed by atoms with Crippen LogP contribution in [0.4, 0.5) is 0 Å². The molecule has 8 fully saturated rings. The molecule has 20 rings (SSSR count). The minimum atomic E-state index is -0.404. The van der Waals surface area contributed by atoms with Crippen molar-refractivity contribution in [1.82, 2.24) is 0 Å². The molecule has 0 spiro atoms. The Balaban J connectivity index is 0.000000138. The zero-order valence-corrected chi connectivity index (χ0v) is 90.5. The molecular formula is C131H178O10. The van der Waals surface area contributed by atoms with Crippen LogP contribution < -0.4 is 9.47 Å². The molecule has 20 unspecified atom stereocenters. The largest absolute Gasteiger partial charge is 0.508 e. The van der Waals surface area contributed by atoms with Crippen LogP contribution in [0.25, 0.3) is 21.5 Å². The Hall–Kier alpha value is -9.22. The van der Waals surface area contributed by atoms with Gasteiger partial charge in [-0.25, -0.2) is 0 Å². The molecule has 0 aromatic heterocycles. The van der Waals surface area contributed by atoms with E-state index in [1.54, 1.807) is 24.3 Å². The van der Waals surface area contributed by atoms with Crippen LogP contribution in [-0.4, -0.2) is 46.9 Å². The summed E-state index contributed by atoms with van der Waals surface area (Å²) in [5, 5.41) is 23.8. The fourth-order valence-electron chi connectivity index (χ4n) is 24.6. The fourth-order valence-corrected chi connectivity index (χ4v) is 24.6. The Morgan fingerprint density at radius 1 is 0.333 bits per heavy atom. The first-order chi connectivity index (χ1) is 67.7. The molecule has 10 aliphatic carbocycles. The topological polar surface area (TPSA) is 130 Å². The maximum absolute atomic E-state index is 12.5. The number of phenolic OH excluding ortho intramolecular Hbond substituents is 2. The summed E-state index contributed by atoms with van der Waals surface area (Å²) in [6, 6.07) is 79.3. The van der Waals surface area contributed by atoms with E-state index >= 15 is 0 Å². The van der Waals surface area contributed by atoms with E-state index < -0.39 is 16.4 Å². The van der Waals surface area contributed by atoms with E-state index in [-0.39, 0.29) is 30.1 Å². The molecule has 10 aliphatic rings. The molecule has 2 N–H and O–H groups in total. The number of carbonyl (C=O) groups is 2. The molecule has 20 atom stereocenters. The van der Waals surface area contributed by atoms with Crippen molar-refractivity contribution in [3.8, 4) is 23.0 Å². The molecule has 10 heteroatoms. The van der Waals surface area contributed by atoms with Crippen LogP contribution in [0.15, 0.2) is 231 Å². The molecule has 0 radical (unpaired) electrons. The lowest BCUT2D eigenvalue weighted by Gasteiger charge is -2.39. The molecule has 762 valence electrons. The Morgan fingerprint density at radius 2 is 0.617 bits per heavy atom. The van der Waals surface area contributed by atoms with E-state index in [9.17, 15) is 9.59 Å². The molecular weight excluding hydrogens is 1730 g/mol. The number of ether oxygens (including phenoxy) is 6. The lowest BCUT2D eigenvalue weighted by atomic mass is 9.79. The molecule has 10 nitrogen and oxygen atoms in total. The van der Waals surface area contributed by atoms with Crippen LogP contribution in [0.3, 0.4) is 0 Å². The Morgan fingerprint density at radius 3 is 0.901 bits per heavy atom. The summed E-state index contributed by atoms with van der Waals surface area (Å²) in [5.74, 6) is 15.7. The van der Waals surface area contributed by atoms with Gasteiger partial charge < -0.3 is 38.6 Å². The minimum absolute atomic E-state index is 0.0641. The summed E-state index contributed by atoms with van der Waals surface area (Å²) in [6.07, 6.45) is 30.5. The van der Waals surface area contributed by atoms with Gasteiger partial charge in [-0.15, -0.1) is 0 Å². The maximum Gasteiger partial charge on any atom is 0.312 e. The molecule has 0 amide bonds. The molecule has 141 heavy (non-hydrogen) atoms. The van der Waals surface area contributed by atoms with Crippen LogP contribution in [0.5, 0.6) is 23.0 Å². The molecule has 0 heterocycles. The van der Waals surface area contributed by atoms with E-state index in [0.29, 0.717) is 82.9 Å². The number of phenols is 2. The second kappa shape index (κ2) is 50.1. The summed E-state index contributed by atoms with van der Waals surface area (Å²) in [5.41, 5.74) is 12.2. The Bertz CT molecular complexity index is 5150. The van der Waals surface area contributed by atoms with Gasteiger partial charge in [-0.1, -0.05) is 326 Å². The van der Waals surface area contributed by atoms with Crippen molar-refractivity contribution in [1.29, 1.82) is 0 Å². The Kier molecular flexibility index (Phi) is 38.7. The van der Waals surface area contributed by atoms with Crippen LogP contribution in [0.1, 0.15) is 416 Å². The van der Waals surface area contributed by atoms with E-state index in [2.05, 4.69) is 256 Å². The first kappa shape index (κ1) is 109. The van der Waals surface area contributed by atoms with Crippen molar-refractivity contribution in [2.24, 2.45) is 70.0 Å². The van der Waals surface area contributed by atoms with Crippen molar-refractivity contribution in [2.45, 2.75) is 396 Å². The normalized spacial score (nSPS) is 24.8. The molecule has 8 saturated carbocycles. The van der Waals surface area contributed by atoms with Crippen molar-refractivity contribution in [3.63, 3.8) is 0 Å². The predicted octanol–water partition coefficient (Wildman–Crippen LogP) is 36.0. The van der Waals surface area contributed by atoms with Gasteiger partial charge in [0.05, 0.1) is 23.0 Å². The maximum atomic E-state index is 12.5. The molecule has 4 bridgehead atoms. The second-order valence-electron chi connectivity index (χ2n) is 46.2. The number of fused-ring (bicyclic) bond motifs is 10. The van der Waals surface area contributed by atoms with Gasteiger partial charge in [0.2, 0.25) is 12.6 Å². The van der Waals surface area contributed by atoms with Gasteiger partial charge in [-0.2, -0.15) is 0 Å². The van der Waals surface area contributed by atoms with Crippen LogP contribution in [0.2, 0.25) is 0 Å². The summed E-state index contributed by atoms with van der Waals surface area (Å²) in [7, 11) is 0. The summed E-state index contributed by atoms with van der Waals surface area (Å²) < 4.78 is 37.9. The standard InChI is InChI=1S/2C24H36O2.C18H26O2.C17H24O2.2C14H14.2C10H14O/c2*1-5-16(4)17-9-11-19(12-10-17)25-24(15(2)3)26-23-14-18-13-22(23)21-8-6-7-20(18)21;1-4-17(2,3)16(19)20-18(13-9-6-10-14-18)15-11-7-5-8-12-15;1-4-16(2,3)15(18)19-17(12-8-9-13-17)14-10-6-5-7-11-14;2*1-9-10(2)13-8-4-6-11-5-3-7-12(9)14(11)13;2*1-3-8(2)9-4-6-10(11)7-5-9/h2*9-12,15-16,18,20-24H,5-8,13-14H2,1-4H3;5,7-8,11-12H,4,6,9-10,13-14H2,1-3H3;5-7,10-11H,4,8-9,12-13H2,1-3H3;2*3-10H,1-2H3;2*4-8,11H,3H2,1-2H3.